The number of ether oxygens (including phenoxy) is 2. The van der Waals surface area contributed by atoms with Gasteiger partial charge >= 0.3 is 11.9 Å². The molecule has 28 heavy (non-hydrogen) atoms. The SMILES string of the molecule is C=C(C)C(=O)OCC(CO)OC(=O)C(=C)C.OC[C@@H](O)[C@@H](O)[C@H](O)[C@@H](O)CO. The summed E-state index contributed by atoms with van der Waals surface area (Å²) >= 11 is 0. The van der Waals surface area contributed by atoms with E-state index in [0.717, 1.165) is 0 Å². The highest BCUT2D eigenvalue weighted by Crippen LogP contribution is 2.04. The fourth-order valence-corrected chi connectivity index (χ4v) is 1.34. The monoisotopic (exact) mass is 410 g/mol. The number of hydrogen-bond acceptors (Lipinski definition) is 11. The number of carbonyl (C=O) groups excluding carboxylic acids is 2. The van der Waals surface area contributed by atoms with E-state index in [9.17, 15) is 9.59 Å². The highest BCUT2D eigenvalue weighted by Gasteiger charge is 2.29. The first kappa shape index (κ1) is 28.4. The van der Waals surface area contributed by atoms with Crippen LogP contribution < -0.4 is 0 Å². The molecule has 164 valence electrons. The molecule has 0 aromatic heterocycles. The van der Waals surface area contributed by atoms with Gasteiger partial charge in [-0.25, -0.2) is 9.59 Å². The fraction of sp³-hybridized carbons (Fsp3) is 0.647. The molecule has 0 rings (SSSR count). The average molecular weight is 410 g/mol. The average Bonchev–Trinajstić information content (AvgIpc) is 2.68. The Balaban J connectivity index is 0. The van der Waals surface area contributed by atoms with Crippen molar-refractivity contribution in [1.82, 2.24) is 0 Å². The molecule has 1 unspecified atom stereocenters. The van der Waals surface area contributed by atoms with Gasteiger partial charge in [-0.3, -0.25) is 0 Å². The summed E-state index contributed by atoms with van der Waals surface area (Å²) < 4.78 is 9.53. The summed E-state index contributed by atoms with van der Waals surface area (Å²) in [6, 6.07) is 0. The lowest BCUT2D eigenvalue weighted by molar-refractivity contribution is -0.156. The molecule has 11 heteroatoms. The van der Waals surface area contributed by atoms with Gasteiger partial charge in [-0.15, -0.1) is 0 Å². The molecule has 0 saturated carbocycles. The summed E-state index contributed by atoms with van der Waals surface area (Å²) in [5.74, 6) is -1.23. The van der Waals surface area contributed by atoms with Gasteiger partial charge in [0.15, 0.2) is 6.10 Å². The molecule has 0 aromatic carbocycles. The Labute approximate surface area is 162 Å². The third-order valence-corrected chi connectivity index (χ3v) is 3.09. The number of aliphatic hydroxyl groups excluding tert-OH is 7. The maximum absolute atomic E-state index is 11.1. The molecule has 11 nitrogen and oxygen atoms in total. The molecule has 0 fully saturated rings. The van der Waals surface area contributed by atoms with Crippen molar-refractivity contribution in [2.24, 2.45) is 0 Å². The Hall–Kier alpha value is -1.86. The van der Waals surface area contributed by atoms with E-state index in [1.54, 1.807) is 0 Å². The molecule has 0 aliphatic heterocycles. The quantitative estimate of drug-likeness (QED) is 0.135. The van der Waals surface area contributed by atoms with Crippen LogP contribution in [0.25, 0.3) is 0 Å². The minimum Gasteiger partial charge on any atom is -0.458 e. The van der Waals surface area contributed by atoms with Crippen LogP contribution in [0.3, 0.4) is 0 Å². The molecule has 0 aliphatic carbocycles. The first-order valence-corrected chi connectivity index (χ1v) is 8.16. The van der Waals surface area contributed by atoms with Crippen molar-refractivity contribution in [3.63, 3.8) is 0 Å². The van der Waals surface area contributed by atoms with Crippen molar-refractivity contribution < 1.29 is 54.8 Å². The van der Waals surface area contributed by atoms with Crippen LogP contribution in [0.4, 0.5) is 0 Å². The summed E-state index contributed by atoms with van der Waals surface area (Å²) in [5.41, 5.74) is 0.451. The van der Waals surface area contributed by atoms with E-state index in [4.69, 9.17) is 45.2 Å². The van der Waals surface area contributed by atoms with Crippen molar-refractivity contribution in [2.75, 3.05) is 26.4 Å². The molecule has 0 heterocycles. The van der Waals surface area contributed by atoms with Gasteiger partial charge in [0.2, 0.25) is 0 Å². The summed E-state index contributed by atoms with van der Waals surface area (Å²) in [6.45, 7) is 7.67. The zero-order valence-corrected chi connectivity index (χ0v) is 15.9. The van der Waals surface area contributed by atoms with Gasteiger partial charge in [-0.1, -0.05) is 13.2 Å². The zero-order valence-electron chi connectivity index (χ0n) is 15.9. The lowest BCUT2D eigenvalue weighted by atomic mass is 10.0. The molecule has 7 N–H and O–H groups in total. The van der Waals surface area contributed by atoms with Crippen molar-refractivity contribution in [3.05, 3.63) is 24.3 Å². The lowest BCUT2D eigenvalue weighted by Gasteiger charge is -2.24. The third-order valence-electron chi connectivity index (χ3n) is 3.09. The van der Waals surface area contributed by atoms with E-state index in [0.29, 0.717) is 0 Å². The van der Waals surface area contributed by atoms with Gasteiger partial charge in [0, 0.05) is 11.1 Å². The van der Waals surface area contributed by atoms with Gasteiger partial charge in [0.1, 0.15) is 31.0 Å². The lowest BCUT2D eigenvalue weighted by Crippen LogP contribution is -2.46. The van der Waals surface area contributed by atoms with E-state index in [1.807, 2.05) is 0 Å². The molecule has 0 aromatic rings. The Morgan fingerprint density at radius 3 is 1.46 bits per heavy atom. The van der Waals surface area contributed by atoms with E-state index >= 15 is 0 Å². The minimum absolute atomic E-state index is 0.207. The number of rotatable bonds is 11. The number of carbonyl (C=O) groups is 2. The molecule has 0 bridgehead atoms. The van der Waals surface area contributed by atoms with Crippen LogP contribution in [0.5, 0.6) is 0 Å². The second-order valence-electron chi connectivity index (χ2n) is 5.85. The second-order valence-corrected chi connectivity index (χ2v) is 5.85. The third kappa shape index (κ3) is 11.8. The van der Waals surface area contributed by atoms with Crippen LogP contribution >= 0.6 is 0 Å². The van der Waals surface area contributed by atoms with Crippen LogP contribution in [0.1, 0.15) is 13.8 Å². The maximum Gasteiger partial charge on any atom is 0.333 e. The summed E-state index contributed by atoms with van der Waals surface area (Å²) in [7, 11) is 0. The van der Waals surface area contributed by atoms with Crippen LogP contribution in [0.2, 0.25) is 0 Å². The first-order chi connectivity index (χ1) is 12.9. The highest BCUT2D eigenvalue weighted by molar-refractivity contribution is 5.87. The zero-order chi connectivity index (χ0) is 22.4. The van der Waals surface area contributed by atoms with E-state index in [1.165, 1.54) is 13.8 Å². The maximum atomic E-state index is 11.1. The second kappa shape index (κ2) is 15.1. The number of esters is 2. The topological polar surface area (TPSA) is 194 Å². The molecular formula is C17H30O11. The highest BCUT2D eigenvalue weighted by atomic mass is 16.6. The van der Waals surface area contributed by atoms with Gasteiger partial charge in [-0.05, 0) is 13.8 Å². The van der Waals surface area contributed by atoms with Crippen molar-refractivity contribution in [1.29, 1.82) is 0 Å². The molecule has 0 aliphatic rings. The van der Waals surface area contributed by atoms with Crippen molar-refractivity contribution in [2.45, 2.75) is 44.4 Å². The summed E-state index contributed by atoms with van der Waals surface area (Å²) in [6.07, 6.45) is -7.27. The first-order valence-electron chi connectivity index (χ1n) is 8.16. The van der Waals surface area contributed by atoms with E-state index in [2.05, 4.69) is 13.2 Å². The molecule has 0 spiro atoms. The molecule has 0 radical (unpaired) electrons. The normalized spacial score (nSPS) is 15.8. The van der Waals surface area contributed by atoms with E-state index < -0.39 is 62.3 Å². The van der Waals surface area contributed by atoms with Gasteiger partial charge in [0.05, 0.1) is 19.8 Å². The Morgan fingerprint density at radius 2 is 1.18 bits per heavy atom. The Kier molecular flexibility index (Phi) is 15.3. The largest absolute Gasteiger partial charge is 0.458 e. The molecule has 0 saturated heterocycles. The minimum atomic E-state index is -1.67. The van der Waals surface area contributed by atoms with Crippen LogP contribution in [0, 0.1) is 0 Å². The summed E-state index contributed by atoms with van der Waals surface area (Å²) in [4.78, 5) is 22.1. The van der Waals surface area contributed by atoms with Gasteiger partial charge in [-0.2, -0.15) is 0 Å². The van der Waals surface area contributed by atoms with Crippen molar-refractivity contribution in [3.8, 4) is 0 Å². The van der Waals surface area contributed by atoms with Gasteiger partial charge in [0.25, 0.3) is 0 Å². The molecule has 0 amide bonds. The van der Waals surface area contributed by atoms with Crippen LogP contribution in [0.15, 0.2) is 24.3 Å². The molecular weight excluding hydrogens is 380 g/mol. The number of aliphatic hydroxyl groups is 7. The van der Waals surface area contributed by atoms with Crippen LogP contribution in [-0.2, 0) is 19.1 Å². The van der Waals surface area contributed by atoms with Crippen molar-refractivity contribution >= 4 is 11.9 Å². The summed E-state index contributed by atoms with van der Waals surface area (Å²) in [5, 5.41) is 61.1. The Bertz CT molecular complexity index is 491. The van der Waals surface area contributed by atoms with Gasteiger partial charge < -0.3 is 45.2 Å². The fourth-order valence-electron chi connectivity index (χ4n) is 1.34. The predicted molar refractivity (Wildman–Crippen MR) is 95.8 cm³/mol. The smallest absolute Gasteiger partial charge is 0.333 e. The van der Waals surface area contributed by atoms with E-state index in [-0.39, 0.29) is 17.8 Å². The Morgan fingerprint density at radius 1 is 0.786 bits per heavy atom. The number of hydrogen-bond donors (Lipinski definition) is 7. The standard InChI is InChI=1S/C11H16O5.C6H14O6/c1-7(2)10(13)15-6-9(5-12)16-11(14)8(3)4;7-1-3(9)5(11)6(12)4(10)2-8/h9,12H,1,3,5-6H2,2,4H3;3-12H,1-2H2/t;3-,4+,5-,6-/m.1/s1. The predicted octanol–water partition coefficient (Wildman–Crippen LogP) is -3.00. The van der Waals surface area contributed by atoms with Crippen LogP contribution in [-0.4, -0.2) is 105 Å². The molecule has 5 atom stereocenters.